The maximum atomic E-state index is 12.1. The van der Waals surface area contributed by atoms with Crippen molar-refractivity contribution >= 4 is 11.6 Å². The molecule has 0 saturated carbocycles. The van der Waals surface area contributed by atoms with Crippen LogP contribution in [-0.4, -0.2) is 24.7 Å². The molecule has 0 saturated heterocycles. The van der Waals surface area contributed by atoms with E-state index in [0.717, 1.165) is 4.90 Å². The van der Waals surface area contributed by atoms with Crippen molar-refractivity contribution < 1.29 is 13.2 Å². The minimum atomic E-state index is -4.23. The van der Waals surface area contributed by atoms with E-state index in [1.54, 1.807) is 6.07 Å². The van der Waals surface area contributed by atoms with E-state index in [2.05, 4.69) is 0 Å². The van der Waals surface area contributed by atoms with Crippen LogP contribution in [-0.2, 0) is 6.54 Å². The van der Waals surface area contributed by atoms with Gasteiger partial charge in [-0.3, -0.25) is 4.90 Å². The van der Waals surface area contributed by atoms with Gasteiger partial charge in [0.15, 0.2) is 0 Å². The molecule has 0 aliphatic rings. The van der Waals surface area contributed by atoms with Gasteiger partial charge in [0.1, 0.15) is 0 Å². The molecular formula is C11H10ClF3N2. The summed E-state index contributed by atoms with van der Waals surface area (Å²) in [4.78, 5) is 1.12. The number of halogens is 4. The van der Waals surface area contributed by atoms with Crippen LogP contribution in [0.4, 0.5) is 13.2 Å². The molecule has 0 aliphatic carbocycles. The van der Waals surface area contributed by atoms with Crippen LogP contribution in [0.15, 0.2) is 18.2 Å². The highest BCUT2D eigenvalue weighted by molar-refractivity contribution is 6.31. The standard InChI is InChI=1S/C11H10ClF3N2/c1-17(7-11(13,14)15)6-9-3-2-8(5-16)4-10(9)12/h2-4H,6-7H2,1H3. The Labute approximate surface area is 102 Å². The number of hydrogen-bond acceptors (Lipinski definition) is 2. The molecule has 1 aromatic rings. The van der Waals surface area contributed by atoms with Crippen LogP contribution in [0.25, 0.3) is 0 Å². The Balaban J connectivity index is 2.73. The van der Waals surface area contributed by atoms with Gasteiger partial charge in [0.2, 0.25) is 0 Å². The number of benzene rings is 1. The third-order valence-corrected chi connectivity index (χ3v) is 2.42. The van der Waals surface area contributed by atoms with Gasteiger partial charge in [0.25, 0.3) is 0 Å². The van der Waals surface area contributed by atoms with Crippen molar-refractivity contribution in [1.29, 1.82) is 5.26 Å². The summed E-state index contributed by atoms with van der Waals surface area (Å²) >= 11 is 5.86. The third kappa shape index (κ3) is 4.63. The van der Waals surface area contributed by atoms with Crippen LogP contribution >= 0.6 is 11.6 Å². The van der Waals surface area contributed by atoms with Crippen molar-refractivity contribution in [2.75, 3.05) is 13.6 Å². The summed E-state index contributed by atoms with van der Waals surface area (Å²) in [6.07, 6.45) is -4.23. The van der Waals surface area contributed by atoms with Crippen LogP contribution in [0, 0.1) is 11.3 Å². The van der Waals surface area contributed by atoms with Gasteiger partial charge in [-0.15, -0.1) is 0 Å². The second kappa shape index (κ2) is 5.39. The SMILES string of the molecule is CN(Cc1ccc(C#N)cc1Cl)CC(F)(F)F. The minimum absolute atomic E-state index is 0.0874. The van der Waals surface area contributed by atoms with Gasteiger partial charge in [0, 0.05) is 11.6 Å². The average Bonchev–Trinajstić information content (AvgIpc) is 2.18. The Kier molecular flexibility index (Phi) is 4.38. The smallest absolute Gasteiger partial charge is 0.294 e. The summed E-state index contributed by atoms with van der Waals surface area (Å²) in [5.41, 5.74) is 0.953. The van der Waals surface area contributed by atoms with Gasteiger partial charge in [0.05, 0.1) is 18.2 Å². The summed E-state index contributed by atoms with van der Waals surface area (Å²) in [7, 11) is 1.36. The lowest BCUT2D eigenvalue weighted by molar-refractivity contribution is -0.144. The molecule has 0 fully saturated rings. The Morgan fingerprint density at radius 3 is 2.53 bits per heavy atom. The molecule has 0 aromatic heterocycles. The van der Waals surface area contributed by atoms with Gasteiger partial charge < -0.3 is 0 Å². The number of nitriles is 1. The fraction of sp³-hybridized carbons (Fsp3) is 0.364. The first-order chi connectivity index (χ1) is 7.81. The number of alkyl halides is 3. The second-order valence-electron chi connectivity index (χ2n) is 3.71. The summed E-state index contributed by atoms with van der Waals surface area (Å²) in [5.74, 6) is 0. The van der Waals surface area contributed by atoms with Crippen molar-refractivity contribution in [2.45, 2.75) is 12.7 Å². The van der Waals surface area contributed by atoms with Crippen LogP contribution < -0.4 is 0 Å². The molecule has 17 heavy (non-hydrogen) atoms. The molecule has 0 amide bonds. The predicted octanol–water partition coefficient (Wildman–Crippen LogP) is 3.21. The molecule has 1 rings (SSSR count). The molecule has 2 nitrogen and oxygen atoms in total. The maximum Gasteiger partial charge on any atom is 0.401 e. The van der Waals surface area contributed by atoms with Crippen molar-refractivity contribution in [3.63, 3.8) is 0 Å². The van der Waals surface area contributed by atoms with Crippen molar-refractivity contribution in [2.24, 2.45) is 0 Å². The normalized spacial score (nSPS) is 11.6. The maximum absolute atomic E-state index is 12.1. The number of hydrogen-bond donors (Lipinski definition) is 0. The fourth-order valence-corrected chi connectivity index (χ4v) is 1.64. The zero-order valence-electron chi connectivity index (χ0n) is 9.05. The molecule has 92 valence electrons. The van der Waals surface area contributed by atoms with Gasteiger partial charge in [-0.2, -0.15) is 18.4 Å². The lowest BCUT2D eigenvalue weighted by Gasteiger charge is -2.19. The molecule has 0 radical (unpaired) electrons. The lowest BCUT2D eigenvalue weighted by atomic mass is 10.1. The van der Waals surface area contributed by atoms with E-state index in [0.29, 0.717) is 16.1 Å². The molecule has 0 heterocycles. The van der Waals surface area contributed by atoms with E-state index >= 15 is 0 Å². The highest BCUT2D eigenvalue weighted by Crippen LogP contribution is 2.21. The minimum Gasteiger partial charge on any atom is -0.294 e. The van der Waals surface area contributed by atoms with Crippen molar-refractivity contribution in [1.82, 2.24) is 4.90 Å². The first kappa shape index (κ1) is 13.8. The summed E-state index contributed by atoms with van der Waals surface area (Å²) in [6, 6.07) is 6.44. The predicted molar refractivity (Wildman–Crippen MR) is 58.6 cm³/mol. The molecule has 0 spiro atoms. The third-order valence-electron chi connectivity index (χ3n) is 2.07. The van der Waals surface area contributed by atoms with E-state index in [-0.39, 0.29) is 6.54 Å². The Morgan fingerprint density at radius 1 is 1.41 bits per heavy atom. The molecule has 0 unspecified atom stereocenters. The molecule has 1 aromatic carbocycles. The lowest BCUT2D eigenvalue weighted by Crippen LogP contribution is -2.30. The quantitative estimate of drug-likeness (QED) is 0.836. The van der Waals surface area contributed by atoms with Crippen LogP contribution in [0.1, 0.15) is 11.1 Å². The first-order valence-corrected chi connectivity index (χ1v) is 5.13. The van der Waals surface area contributed by atoms with E-state index in [9.17, 15) is 13.2 Å². The van der Waals surface area contributed by atoms with Gasteiger partial charge in [-0.25, -0.2) is 0 Å². The van der Waals surface area contributed by atoms with Crippen molar-refractivity contribution in [3.05, 3.63) is 34.3 Å². The number of nitrogens with zero attached hydrogens (tertiary/aromatic N) is 2. The Bertz CT molecular complexity index is 437. The van der Waals surface area contributed by atoms with Crippen LogP contribution in [0.5, 0.6) is 0 Å². The second-order valence-corrected chi connectivity index (χ2v) is 4.11. The molecule has 6 heteroatoms. The highest BCUT2D eigenvalue weighted by atomic mass is 35.5. The largest absolute Gasteiger partial charge is 0.401 e. The monoisotopic (exact) mass is 262 g/mol. The summed E-state index contributed by atoms with van der Waals surface area (Å²) < 4.78 is 36.3. The Hall–Kier alpha value is -1.25. The van der Waals surface area contributed by atoms with E-state index in [4.69, 9.17) is 16.9 Å². The first-order valence-electron chi connectivity index (χ1n) is 4.75. The zero-order chi connectivity index (χ0) is 13.1. The zero-order valence-corrected chi connectivity index (χ0v) is 9.81. The van der Waals surface area contributed by atoms with Gasteiger partial charge in [-0.05, 0) is 24.7 Å². The van der Waals surface area contributed by atoms with E-state index < -0.39 is 12.7 Å². The summed E-state index contributed by atoms with van der Waals surface area (Å²) in [5, 5.41) is 8.92. The van der Waals surface area contributed by atoms with Gasteiger partial charge >= 0.3 is 6.18 Å². The Morgan fingerprint density at radius 2 is 2.06 bits per heavy atom. The topological polar surface area (TPSA) is 27.0 Å². The summed E-state index contributed by atoms with van der Waals surface area (Å²) in [6.45, 7) is -0.909. The van der Waals surface area contributed by atoms with Crippen LogP contribution in [0.3, 0.4) is 0 Å². The molecule has 0 atom stereocenters. The van der Waals surface area contributed by atoms with Crippen molar-refractivity contribution in [3.8, 4) is 6.07 Å². The highest BCUT2D eigenvalue weighted by Gasteiger charge is 2.29. The molecular weight excluding hydrogens is 253 g/mol. The average molecular weight is 263 g/mol. The molecule has 0 bridgehead atoms. The molecule has 0 aliphatic heterocycles. The van der Waals surface area contributed by atoms with E-state index in [1.165, 1.54) is 19.2 Å². The van der Waals surface area contributed by atoms with Gasteiger partial charge in [-0.1, -0.05) is 17.7 Å². The molecule has 0 N–H and O–H groups in total. The number of rotatable bonds is 3. The van der Waals surface area contributed by atoms with Crippen LogP contribution in [0.2, 0.25) is 5.02 Å². The fourth-order valence-electron chi connectivity index (χ4n) is 1.40. The van der Waals surface area contributed by atoms with E-state index in [1.807, 2.05) is 6.07 Å².